The molecule has 0 radical (unpaired) electrons. The standard InChI is InChI=1S/C40H46Cl3N6O8/c1-27(50)47-16-18-48(19-17-47)30-9-11-31(12-10-30)53-22-32-23-55-40(57-32,34-13-8-29(41)20-36(34)43)25-46-14-15-49(26-46)28(2)56-39(52)45(4)37-7-5-6-35(42)33(37)24-54-38(51)21-44-3/h5-15,20,26,28,32,44H,16-19,21-25H2,1-4H3/q+1. The summed E-state index contributed by atoms with van der Waals surface area (Å²) in [4.78, 5) is 42.5. The molecular weight excluding hydrogens is 799 g/mol. The molecule has 3 unspecified atom stereocenters. The minimum atomic E-state index is -1.29. The summed E-state index contributed by atoms with van der Waals surface area (Å²) in [6, 6.07) is 18.1. The predicted octanol–water partition coefficient (Wildman–Crippen LogP) is 5.81. The van der Waals surface area contributed by atoms with Gasteiger partial charge in [-0.2, -0.15) is 4.57 Å². The number of piperazine rings is 1. The van der Waals surface area contributed by atoms with Crippen molar-refractivity contribution in [3.05, 3.63) is 106 Å². The molecule has 2 saturated heterocycles. The van der Waals surface area contributed by atoms with Crippen molar-refractivity contribution < 1.29 is 42.6 Å². The summed E-state index contributed by atoms with van der Waals surface area (Å²) in [5.74, 6) is -0.965. The highest BCUT2D eigenvalue weighted by Gasteiger charge is 2.47. The Morgan fingerprint density at radius 1 is 1.04 bits per heavy atom. The van der Waals surface area contributed by atoms with Gasteiger partial charge >= 0.3 is 12.1 Å². The average molecular weight is 845 g/mol. The van der Waals surface area contributed by atoms with Gasteiger partial charge in [-0.05, 0) is 55.6 Å². The number of aromatic nitrogens is 2. The van der Waals surface area contributed by atoms with Gasteiger partial charge in [-0.25, -0.2) is 9.36 Å². The van der Waals surface area contributed by atoms with Gasteiger partial charge in [0, 0.05) is 73.9 Å². The summed E-state index contributed by atoms with van der Waals surface area (Å²) in [5, 5.41) is 3.93. The fraction of sp³-hybridized carbons (Fsp3) is 0.400. The van der Waals surface area contributed by atoms with E-state index >= 15 is 0 Å². The van der Waals surface area contributed by atoms with Gasteiger partial charge in [-0.15, -0.1) is 0 Å². The van der Waals surface area contributed by atoms with E-state index in [0.29, 0.717) is 50.7 Å². The first-order valence-corrected chi connectivity index (χ1v) is 19.6. The van der Waals surface area contributed by atoms with Gasteiger partial charge in [0.2, 0.25) is 24.2 Å². The van der Waals surface area contributed by atoms with Crippen molar-refractivity contribution in [2.75, 3.05) is 69.8 Å². The lowest BCUT2D eigenvalue weighted by atomic mass is 10.1. The fourth-order valence-electron chi connectivity index (χ4n) is 6.67. The molecule has 3 atom stereocenters. The van der Waals surface area contributed by atoms with Gasteiger partial charge in [0.1, 0.15) is 44.0 Å². The second-order valence-electron chi connectivity index (χ2n) is 13.7. The molecule has 0 aliphatic carbocycles. The highest BCUT2D eigenvalue weighted by molar-refractivity contribution is 6.35. The van der Waals surface area contributed by atoms with Gasteiger partial charge in [-0.3, -0.25) is 14.5 Å². The van der Waals surface area contributed by atoms with Crippen molar-refractivity contribution in [3.63, 3.8) is 0 Å². The molecule has 4 aromatic rings. The van der Waals surface area contributed by atoms with Gasteiger partial charge in [0.05, 0.1) is 23.9 Å². The van der Waals surface area contributed by atoms with Crippen LogP contribution in [0.2, 0.25) is 15.1 Å². The van der Waals surface area contributed by atoms with Crippen LogP contribution in [0, 0.1) is 0 Å². The van der Waals surface area contributed by atoms with E-state index in [9.17, 15) is 14.4 Å². The van der Waals surface area contributed by atoms with E-state index in [1.54, 1.807) is 81.4 Å². The number of carbonyl (C=O) groups is 3. The zero-order valence-electron chi connectivity index (χ0n) is 32.2. The summed E-state index contributed by atoms with van der Waals surface area (Å²) in [7, 11) is 3.19. The summed E-state index contributed by atoms with van der Waals surface area (Å²) in [5.41, 5.74) is 2.57. The van der Waals surface area contributed by atoms with Crippen molar-refractivity contribution in [2.45, 2.75) is 45.1 Å². The number of ether oxygens (including phenoxy) is 5. The van der Waals surface area contributed by atoms with Gasteiger partial charge in [0.25, 0.3) is 0 Å². The minimum Gasteiger partial charge on any atom is -0.491 e. The number of halogens is 3. The van der Waals surface area contributed by atoms with Crippen LogP contribution in [-0.2, 0) is 47.5 Å². The fourth-order valence-corrected chi connectivity index (χ4v) is 7.45. The summed E-state index contributed by atoms with van der Waals surface area (Å²) >= 11 is 19.4. The van der Waals surface area contributed by atoms with Crippen LogP contribution in [0.3, 0.4) is 0 Å². The van der Waals surface area contributed by atoms with Crippen molar-refractivity contribution in [2.24, 2.45) is 0 Å². The molecule has 6 rings (SSSR count). The maximum Gasteiger partial charge on any atom is 0.417 e. The summed E-state index contributed by atoms with van der Waals surface area (Å²) in [6.45, 7) is 6.85. The van der Waals surface area contributed by atoms with Crippen LogP contribution < -0.4 is 24.4 Å². The molecule has 57 heavy (non-hydrogen) atoms. The predicted molar refractivity (Wildman–Crippen MR) is 215 cm³/mol. The summed E-state index contributed by atoms with van der Waals surface area (Å²) < 4.78 is 33.9. The quantitative estimate of drug-likeness (QED) is 0.123. The second kappa shape index (κ2) is 18.8. The highest BCUT2D eigenvalue weighted by Crippen LogP contribution is 2.40. The maximum absolute atomic E-state index is 13.4. The van der Waals surface area contributed by atoms with Gasteiger partial charge in [-0.1, -0.05) is 46.9 Å². The molecule has 2 aliphatic rings. The van der Waals surface area contributed by atoms with Crippen molar-refractivity contribution in [1.29, 1.82) is 0 Å². The lowest BCUT2D eigenvalue weighted by Crippen LogP contribution is -2.48. The third kappa shape index (κ3) is 10.3. The number of carbonyl (C=O) groups excluding carboxylic acids is 3. The number of imidazole rings is 1. The van der Waals surface area contributed by atoms with Crippen LogP contribution in [0.15, 0.2) is 79.4 Å². The Morgan fingerprint density at radius 2 is 1.79 bits per heavy atom. The van der Waals surface area contributed by atoms with Crippen molar-refractivity contribution in [3.8, 4) is 5.75 Å². The molecule has 0 saturated carbocycles. The van der Waals surface area contributed by atoms with Gasteiger partial charge in [0.15, 0.2) is 0 Å². The maximum atomic E-state index is 13.4. The third-order valence-electron chi connectivity index (χ3n) is 9.79. The molecule has 2 fully saturated rings. The Hall–Kier alpha value is -4.57. The molecule has 2 aliphatic heterocycles. The number of esters is 1. The van der Waals surface area contributed by atoms with E-state index in [1.807, 2.05) is 39.9 Å². The molecule has 304 valence electrons. The van der Waals surface area contributed by atoms with Crippen LogP contribution in [-0.4, -0.2) is 93.6 Å². The largest absolute Gasteiger partial charge is 0.491 e. The molecule has 3 aromatic carbocycles. The second-order valence-corrected chi connectivity index (χ2v) is 15.0. The van der Waals surface area contributed by atoms with Crippen molar-refractivity contribution >= 4 is 64.1 Å². The number of nitrogens with zero attached hydrogens (tertiary/aromatic N) is 5. The number of hydrogen-bond acceptors (Lipinski definition) is 10. The van der Waals surface area contributed by atoms with E-state index in [2.05, 4.69) is 10.2 Å². The van der Waals surface area contributed by atoms with Crippen LogP contribution >= 0.6 is 34.8 Å². The monoisotopic (exact) mass is 843 g/mol. The smallest absolute Gasteiger partial charge is 0.417 e. The zero-order chi connectivity index (χ0) is 40.7. The van der Waals surface area contributed by atoms with E-state index in [-0.39, 0.29) is 38.8 Å². The average Bonchev–Trinajstić information content (AvgIpc) is 3.84. The molecule has 14 nitrogen and oxygen atoms in total. The molecule has 2 amide bonds. The molecule has 1 aromatic heterocycles. The van der Waals surface area contributed by atoms with E-state index < -0.39 is 30.2 Å². The van der Waals surface area contributed by atoms with Crippen LogP contribution in [0.4, 0.5) is 16.2 Å². The van der Waals surface area contributed by atoms with Gasteiger partial charge < -0.3 is 38.8 Å². The Bertz CT molecular complexity index is 2040. The van der Waals surface area contributed by atoms with Crippen LogP contribution in [0.5, 0.6) is 5.75 Å². The lowest BCUT2D eigenvalue weighted by Gasteiger charge is -2.35. The molecule has 0 bridgehead atoms. The third-order valence-corrected chi connectivity index (χ3v) is 10.7. The molecule has 0 spiro atoms. The Kier molecular flexibility index (Phi) is 13.9. The van der Waals surface area contributed by atoms with Crippen molar-refractivity contribution in [1.82, 2.24) is 14.8 Å². The van der Waals surface area contributed by atoms with E-state index in [4.69, 9.17) is 58.5 Å². The SMILES string of the molecule is CNCC(=O)OCc1c(Cl)cccc1N(C)C(=O)OC(C)n1cc[n+](CC2(c3ccc(Cl)cc3Cl)OCC(COc3ccc(N4CCN(C(C)=O)CC4)cc3)O2)c1. The Morgan fingerprint density at radius 3 is 2.49 bits per heavy atom. The number of rotatable bonds is 14. The summed E-state index contributed by atoms with van der Waals surface area (Å²) in [6.07, 6.45) is 3.54. The minimum absolute atomic E-state index is 0.0348. The first-order chi connectivity index (χ1) is 27.4. The van der Waals surface area contributed by atoms with Crippen LogP contribution in [0.1, 0.15) is 31.2 Å². The Labute approximate surface area is 346 Å². The molecular formula is C40H46Cl3N6O8+. The molecule has 3 heterocycles. The molecule has 17 heteroatoms. The normalized spacial score (nSPS) is 18.6. The Balaban J connectivity index is 1.10. The number of benzene rings is 3. The highest BCUT2D eigenvalue weighted by atomic mass is 35.5. The van der Waals surface area contributed by atoms with E-state index in [1.165, 1.54) is 4.90 Å². The number of anilines is 2. The first-order valence-electron chi connectivity index (χ1n) is 18.4. The number of hydrogen-bond donors (Lipinski definition) is 1. The number of amides is 2. The zero-order valence-corrected chi connectivity index (χ0v) is 34.4. The van der Waals surface area contributed by atoms with Crippen LogP contribution in [0.25, 0.3) is 0 Å². The lowest BCUT2D eigenvalue weighted by molar-refractivity contribution is -0.720. The topological polar surface area (TPSA) is 128 Å². The first kappa shape index (κ1) is 42.0. The molecule has 1 N–H and O–H groups in total. The van der Waals surface area contributed by atoms with E-state index in [0.717, 1.165) is 18.8 Å². The number of nitrogens with one attached hydrogen (secondary N) is 1. The number of likely N-dealkylation sites (N-methyl/N-ethyl adjacent to an activating group) is 1.